The lowest BCUT2D eigenvalue weighted by Crippen LogP contribution is -2.09. The van der Waals surface area contributed by atoms with Crippen LogP contribution in [0.3, 0.4) is 0 Å². The van der Waals surface area contributed by atoms with Crippen molar-refractivity contribution in [3.63, 3.8) is 0 Å². The molecule has 0 aliphatic rings. The Balaban J connectivity index is 3.15. The number of halogens is 1. The molecule has 0 aromatic heterocycles. The van der Waals surface area contributed by atoms with Crippen LogP contribution >= 0.6 is 11.6 Å². The molecule has 1 aromatic rings. The second kappa shape index (κ2) is 5.41. The minimum atomic E-state index is -0.130. The van der Waals surface area contributed by atoms with Crippen LogP contribution in [-0.4, -0.2) is 13.2 Å². The van der Waals surface area contributed by atoms with Gasteiger partial charge in [0, 0.05) is 17.1 Å². The first kappa shape index (κ1) is 13.1. The van der Waals surface area contributed by atoms with Crippen molar-refractivity contribution in [3.05, 3.63) is 22.7 Å². The van der Waals surface area contributed by atoms with Crippen molar-refractivity contribution in [2.24, 2.45) is 5.73 Å². The summed E-state index contributed by atoms with van der Waals surface area (Å²) in [5.41, 5.74) is 6.66. The summed E-state index contributed by atoms with van der Waals surface area (Å²) in [5, 5.41) is 0.603. The van der Waals surface area contributed by atoms with E-state index in [1.807, 2.05) is 26.8 Å². The molecular weight excluding hydrogens is 226 g/mol. The van der Waals surface area contributed by atoms with E-state index in [0.717, 1.165) is 5.56 Å². The molecule has 90 valence electrons. The zero-order valence-corrected chi connectivity index (χ0v) is 10.8. The summed E-state index contributed by atoms with van der Waals surface area (Å²) < 4.78 is 10.9. The third-order valence-corrected chi connectivity index (χ3v) is 2.46. The van der Waals surface area contributed by atoms with Gasteiger partial charge in [0.05, 0.1) is 13.2 Å². The first-order valence-electron chi connectivity index (χ1n) is 5.25. The molecule has 0 heterocycles. The van der Waals surface area contributed by atoms with Crippen LogP contribution < -0.4 is 15.2 Å². The third-order valence-electron chi connectivity index (χ3n) is 2.14. The van der Waals surface area contributed by atoms with E-state index in [2.05, 4.69) is 0 Å². The van der Waals surface area contributed by atoms with Crippen molar-refractivity contribution < 1.29 is 9.47 Å². The average Bonchev–Trinajstić information content (AvgIpc) is 2.16. The van der Waals surface area contributed by atoms with Gasteiger partial charge in [-0.2, -0.15) is 0 Å². The van der Waals surface area contributed by atoms with E-state index in [9.17, 15) is 0 Å². The van der Waals surface area contributed by atoms with Crippen LogP contribution in [0.25, 0.3) is 0 Å². The number of benzene rings is 1. The predicted molar refractivity (Wildman–Crippen MR) is 66.4 cm³/mol. The molecule has 1 rings (SSSR count). The van der Waals surface area contributed by atoms with E-state index >= 15 is 0 Å². The van der Waals surface area contributed by atoms with Crippen LogP contribution in [0.15, 0.2) is 12.1 Å². The number of hydrogen-bond acceptors (Lipinski definition) is 3. The highest BCUT2D eigenvalue weighted by Gasteiger charge is 2.13. The fraction of sp³-hybridized carbons (Fsp3) is 0.500. The highest BCUT2D eigenvalue weighted by Crippen LogP contribution is 2.35. The zero-order valence-electron chi connectivity index (χ0n) is 10.1. The highest BCUT2D eigenvalue weighted by atomic mass is 35.5. The monoisotopic (exact) mass is 243 g/mol. The van der Waals surface area contributed by atoms with Gasteiger partial charge < -0.3 is 15.2 Å². The summed E-state index contributed by atoms with van der Waals surface area (Å²) in [6, 6.07) is 3.44. The molecule has 0 bridgehead atoms. The molecule has 0 fully saturated rings. The minimum Gasteiger partial charge on any atom is -0.493 e. The van der Waals surface area contributed by atoms with Gasteiger partial charge in [-0.3, -0.25) is 0 Å². The lowest BCUT2D eigenvalue weighted by atomic mass is 10.1. The molecule has 1 unspecified atom stereocenters. The Labute approximate surface area is 101 Å². The molecule has 0 aliphatic heterocycles. The van der Waals surface area contributed by atoms with Crippen LogP contribution in [0.1, 0.15) is 32.4 Å². The largest absolute Gasteiger partial charge is 0.493 e. The Hall–Kier alpha value is -0.930. The van der Waals surface area contributed by atoms with Gasteiger partial charge in [0.15, 0.2) is 11.5 Å². The molecule has 0 radical (unpaired) electrons. The van der Waals surface area contributed by atoms with Crippen LogP contribution in [0.4, 0.5) is 0 Å². The maximum atomic E-state index is 6.12. The lowest BCUT2D eigenvalue weighted by molar-refractivity contribution is 0.230. The van der Waals surface area contributed by atoms with E-state index in [1.54, 1.807) is 13.2 Å². The van der Waals surface area contributed by atoms with Crippen LogP contribution in [-0.2, 0) is 0 Å². The van der Waals surface area contributed by atoms with Crippen LogP contribution in [0.2, 0.25) is 5.02 Å². The smallest absolute Gasteiger partial charge is 0.163 e. The summed E-state index contributed by atoms with van der Waals surface area (Å²) in [6.07, 6.45) is 0.0751. The second-order valence-corrected chi connectivity index (χ2v) is 4.39. The Kier molecular flexibility index (Phi) is 4.44. The Morgan fingerprint density at radius 2 is 1.81 bits per heavy atom. The molecule has 0 saturated carbocycles. The summed E-state index contributed by atoms with van der Waals surface area (Å²) in [5.74, 6) is 1.30. The van der Waals surface area contributed by atoms with Gasteiger partial charge in [-0.1, -0.05) is 11.6 Å². The molecular formula is C12H18ClNO2. The van der Waals surface area contributed by atoms with E-state index in [1.165, 1.54) is 0 Å². The maximum Gasteiger partial charge on any atom is 0.163 e. The van der Waals surface area contributed by atoms with Gasteiger partial charge in [0.1, 0.15) is 0 Å². The minimum absolute atomic E-state index is 0.0751. The predicted octanol–water partition coefficient (Wildman–Crippen LogP) is 3.16. The van der Waals surface area contributed by atoms with Gasteiger partial charge in [0.25, 0.3) is 0 Å². The van der Waals surface area contributed by atoms with Gasteiger partial charge in [-0.25, -0.2) is 0 Å². The van der Waals surface area contributed by atoms with Gasteiger partial charge >= 0.3 is 0 Å². The van der Waals surface area contributed by atoms with E-state index < -0.39 is 0 Å². The van der Waals surface area contributed by atoms with Gasteiger partial charge in [0.2, 0.25) is 0 Å². The molecule has 4 heteroatoms. The molecule has 16 heavy (non-hydrogen) atoms. The van der Waals surface area contributed by atoms with Crippen molar-refractivity contribution in [2.45, 2.75) is 32.9 Å². The van der Waals surface area contributed by atoms with Crippen molar-refractivity contribution in [3.8, 4) is 11.5 Å². The number of nitrogens with two attached hydrogens (primary N) is 1. The summed E-state index contributed by atoms with van der Waals surface area (Å²) >= 11 is 6.12. The number of rotatable bonds is 4. The third kappa shape index (κ3) is 3.03. The standard InChI is InChI=1S/C12H18ClNO2/c1-7(2)16-12-6-10(13)9(8(3)14)5-11(12)15-4/h5-8H,14H2,1-4H3. The molecule has 2 N–H and O–H groups in total. The first-order valence-corrected chi connectivity index (χ1v) is 5.63. The lowest BCUT2D eigenvalue weighted by Gasteiger charge is -2.17. The fourth-order valence-corrected chi connectivity index (χ4v) is 1.73. The second-order valence-electron chi connectivity index (χ2n) is 3.98. The molecule has 1 aromatic carbocycles. The Morgan fingerprint density at radius 1 is 1.19 bits per heavy atom. The van der Waals surface area contributed by atoms with Crippen molar-refractivity contribution >= 4 is 11.6 Å². The number of ether oxygens (including phenoxy) is 2. The van der Waals surface area contributed by atoms with E-state index in [0.29, 0.717) is 16.5 Å². The van der Waals surface area contributed by atoms with Crippen molar-refractivity contribution in [1.29, 1.82) is 0 Å². The van der Waals surface area contributed by atoms with Crippen molar-refractivity contribution in [2.75, 3.05) is 7.11 Å². The van der Waals surface area contributed by atoms with E-state index in [4.69, 9.17) is 26.8 Å². The van der Waals surface area contributed by atoms with Crippen LogP contribution in [0.5, 0.6) is 11.5 Å². The molecule has 1 atom stereocenters. The SMILES string of the molecule is COc1cc(C(C)N)c(Cl)cc1OC(C)C. The number of methoxy groups -OCH3 is 1. The molecule has 0 saturated heterocycles. The molecule has 0 amide bonds. The first-order chi connectivity index (χ1) is 7.45. The summed E-state index contributed by atoms with van der Waals surface area (Å²) in [6.45, 7) is 5.78. The van der Waals surface area contributed by atoms with Gasteiger partial charge in [-0.15, -0.1) is 0 Å². The highest BCUT2D eigenvalue weighted by molar-refractivity contribution is 6.31. The van der Waals surface area contributed by atoms with Crippen molar-refractivity contribution in [1.82, 2.24) is 0 Å². The topological polar surface area (TPSA) is 44.5 Å². The average molecular weight is 244 g/mol. The zero-order chi connectivity index (χ0) is 12.3. The summed E-state index contributed by atoms with van der Waals surface area (Å²) in [7, 11) is 1.60. The quantitative estimate of drug-likeness (QED) is 0.884. The van der Waals surface area contributed by atoms with Crippen LogP contribution in [0, 0.1) is 0 Å². The Bertz CT molecular complexity index is 364. The number of hydrogen-bond donors (Lipinski definition) is 1. The fourth-order valence-electron chi connectivity index (χ4n) is 1.41. The van der Waals surface area contributed by atoms with E-state index in [-0.39, 0.29) is 12.1 Å². The normalized spacial score (nSPS) is 12.7. The maximum absolute atomic E-state index is 6.12. The van der Waals surface area contributed by atoms with Gasteiger partial charge in [-0.05, 0) is 32.4 Å². The summed E-state index contributed by atoms with van der Waals surface area (Å²) in [4.78, 5) is 0. The molecule has 0 aliphatic carbocycles. The molecule has 0 spiro atoms. The Morgan fingerprint density at radius 3 is 2.25 bits per heavy atom. The molecule has 3 nitrogen and oxygen atoms in total.